The fourth-order valence-electron chi connectivity index (χ4n) is 1.46. The zero-order valence-electron chi connectivity index (χ0n) is 6.96. The average molecular weight is 197 g/mol. The highest BCUT2D eigenvalue weighted by molar-refractivity contribution is 6.30. The van der Waals surface area contributed by atoms with E-state index in [2.05, 4.69) is 10.3 Å². The predicted molar refractivity (Wildman–Crippen MR) is 49.6 cm³/mol. The summed E-state index contributed by atoms with van der Waals surface area (Å²) in [6, 6.07) is 3.54. The van der Waals surface area contributed by atoms with Crippen LogP contribution >= 0.6 is 11.6 Å². The summed E-state index contributed by atoms with van der Waals surface area (Å²) >= 11 is 5.81. The first kappa shape index (κ1) is 8.51. The molecule has 2 rings (SSSR count). The molecule has 4 heteroatoms. The van der Waals surface area contributed by atoms with Crippen molar-refractivity contribution in [3.05, 3.63) is 29.0 Å². The molecule has 0 spiro atoms. The molecule has 2 heterocycles. The summed E-state index contributed by atoms with van der Waals surface area (Å²) in [5, 5.41) is 3.44. The number of nitrogens with zero attached hydrogens (tertiary/aromatic N) is 1. The van der Waals surface area contributed by atoms with Crippen molar-refractivity contribution >= 4 is 17.5 Å². The van der Waals surface area contributed by atoms with Gasteiger partial charge in [-0.3, -0.25) is 9.78 Å². The molecule has 1 fully saturated rings. The van der Waals surface area contributed by atoms with E-state index in [0.717, 1.165) is 5.69 Å². The Morgan fingerprint density at radius 3 is 3.08 bits per heavy atom. The van der Waals surface area contributed by atoms with Crippen molar-refractivity contribution in [2.45, 2.75) is 12.3 Å². The van der Waals surface area contributed by atoms with Crippen LogP contribution < -0.4 is 5.32 Å². The number of aromatic nitrogens is 1. The van der Waals surface area contributed by atoms with E-state index in [1.165, 1.54) is 0 Å². The quantitative estimate of drug-likeness (QED) is 0.737. The largest absolute Gasteiger partial charge is 0.355 e. The minimum Gasteiger partial charge on any atom is -0.355 e. The zero-order chi connectivity index (χ0) is 9.26. The SMILES string of the molecule is O=C1CC(c2cc(Cl)ccn2)CN1. The molecule has 1 amide bonds. The summed E-state index contributed by atoms with van der Waals surface area (Å²) in [5.74, 6) is 0.276. The molecule has 1 saturated heterocycles. The zero-order valence-corrected chi connectivity index (χ0v) is 7.71. The highest BCUT2D eigenvalue weighted by Crippen LogP contribution is 2.22. The molecule has 1 aromatic heterocycles. The Hall–Kier alpha value is -1.09. The van der Waals surface area contributed by atoms with E-state index in [1.54, 1.807) is 12.3 Å². The predicted octanol–water partition coefficient (Wildman–Crippen LogP) is 1.34. The lowest BCUT2D eigenvalue weighted by molar-refractivity contribution is -0.119. The number of hydrogen-bond acceptors (Lipinski definition) is 2. The van der Waals surface area contributed by atoms with Crippen LogP contribution in [0.5, 0.6) is 0 Å². The summed E-state index contributed by atoms with van der Waals surface area (Å²) in [4.78, 5) is 15.1. The van der Waals surface area contributed by atoms with Gasteiger partial charge in [-0.25, -0.2) is 0 Å². The smallest absolute Gasteiger partial charge is 0.220 e. The van der Waals surface area contributed by atoms with E-state index >= 15 is 0 Å². The Kier molecular flexibility index (Phi) is 2.19. The molecule has 1 aliphatic rings. The monoisotopic (exact) mass is 196 g/mol. The van der Waals surface area contributed by atoms with Crippen LogP contribution in [-0.2, 0) is 4.79 Å². The van der Waals surface area contributed by atoms with Crippen LogP contribution in [0, 0.1) is 0 Å². The molecule has 13 heavy (non-hydrogen) atoms. The summed E-state index contributed by atoms with van der Waals surface area (Å²) in [7, 11) is 0. The van der Waals surface area contributed by atoms with Gasteiger partial charge in [-0.15, -0.1) is 0 Å². The minimum absolute atomic E-state index is 0.0896. The molecular weight excluding hydrogens is 188 g/mol. The number of nitrogens with one attached hydrogen (secondary N) is 1. The van der Waals surface area contributed by atoms with Crippen molar-refractivity contribution in [1.29, 1.82) is 0 Å². The third-order valence-electron chi connectivity index (χ3n) is 2.14. The molecule has 0 radical (unpaired) electrons. The van der Waals surface area contributed by atoms with Crippen LogP contribution in [0.1, 0.15) is 18.0 Å². The van der Waals surface area contributed by atoms with Crippen molar-refractivity contribution in [3.63, 3.8) is 0 Å². The molecule has 0 aromatic carbocycles. The second-order valence-electron chi connectivity index (χ2n) is 3.10. The van der Waals surface area contributed by atoms with E-state index in [0.29, 0.717) is 18.0 Å². The van der Waals surface area contributed by atoms with E-state index in [9.17, 15) is 4.79 Å². The summed E-state index contributed by atoms with van der Waals surface area (Å²) in [5.41, 5.74) is 0.894. The lowest BCUT2D eigenvalue weighted by Gasteiger charge is -2.05. The first-order valence-electron chi connectivity index (χ1n) is 4.14. The Morgan fingerprint density at radius 1 is 1.62 bits per heavy atom. The van der Waals surface area contributed by atoms with Crippen molar-refractivity contribution in [3.8, 4) is 0 Å². The highest BCUT2D eigenvalue weighted by atomic mass is 35.5. The first-order chi connectivity index (χ1) is 6.25. The van der Waals surface area contributed by atoms with Crippen LogP contribution in [0.4, 0.5) is 0 Å². The first-order valence-corrected chi connectivity index (χ1v) is 4.51. The van der Waals surface area contributed by atoms with Gasteiger partial charge in [0, 0.05) is 35.8 Å². The maximum Gasteiger partial charge on any atom is 0.220 e. The summed E-state index contributed by atoms with van der Waals surface area (Å²) in [6.07, 6.45) is 2.19. The highest BCUT2D eigenvalue weighted by Gasteiger charge is 2.23. The second-order valence-corrected chi connectivity index (χ2v) is 3.54. The molecule has 0 bridgehead atoms. The van der Waals surface area contributed by atoms with Crippen LogP contribution in [0.3, 0.4) is 0 Å². The van der Waals surface area contributed by atoms with Gasteiger partial charge in [-0.05, 0) is 12.1 Å². The maximum atomic E-state index is 10.9. The Morgan fingerprint density at radius 2 is 2.46 bits per heavy atom. The normalized spacial score (nSPS) is 21.6. The van der Waals surface area contributed by atoms with Gasteiger partial charge in [-0.1, -0.05) is 11.6 Å². The van der Waals surface area contributed by atoms with Crippen LogP contribution in [0.25, 0.3) is 0 Å². The number of hydrogen-bond donors (Lipinski definition) is 1. The number of amides is 1. The van der Waals surface area contributed by atoms with Crippen molar-refractivity contribution in [1.82, 2.24) is 10.3 Å². The number of pyridine rings is 1. The second kappa shape index (κ2) is 3.34. The van der Waals surface area contributed by atoms with E-state index in [4.69, 9.17) is 11.6 Å². The summed E-state index contributed by atoms with van der Waals surface area (Å²) < 4.78 is 0. The van der Waals surface area contributed by atoms with Gasteiger partial charge in [0.05, 0.1) is 0 Å². The van der Waals surface area contributed by atoms with Gasteiger partial charge in [-0.2, -0.15) is 0 Å². The van der Waals surface area contributed by atoms with Crippen molar-refractivity contribution in [2.24, 2.45) is 0 Å². The van der Waals surface area contributed by atoms with E-state index in [1.807, 2.05) is 6.07 Å². The molecule has 0 saturated carbocycles. The Labute approximate surface area is 81.1 Å². The fourth-order valence-corrected chi connectivity index (χ4v) is 1.63. The molecule has 68 valence electrons. The molecule has 0 aliphatic carbocycles. The molecule has 1 unspecified atom stereocenters. The maximum absolute atomic E-state index is 10.9. The third-order valence-corrected chi connectivity index (χ3v) is 2.37. The Balaban J connectivity index is 2.21. The third kappa shape index (κ3) is 1.80. The lowest BCUT2D eigenvalue weighted by Crippen LogP contribution is -2.13. The van der Waals surface area contributed by atoms with E-state index in [-0.39, 0.29) is 11.8 Å². The van der Waals surface area contributed by atoms with Gasteiger partial charge in [0.1, 0.15) is 0 Å². The number of halogens is 1. The lowest BCUT2D eigenvalue weighted by atomic mass is 10.0. The topological polar surface area (TPSA) is 42.0 Å². The molecule has 1 aromatic rings. The molecule has 1 N–H and O–H groups in total. The molecular formula is C9H9ClN2O. The molecule has 1 aliphatic heterocycles. The van der Waals surface area contributed by atoms with Crippen molar-refractivity contribution in [2.75, 3.05) is 6.54 Å². The average Bonchev–Trinajstić information content (AvgIpc) is 2.52. The standard InChI is InChI=1S/C9H9ClN2O/c10-7-1-2-11-8(4-7)6-3-9(13)12-5-6/h1-2,4,6H,3,5H2,(H,12,13). The van der Waals surface area contributed by atoms with Gasteiger partial charge < -0.3 is 5.32 Å². The molecule has 1 atom stereocenters. The molecule has 3 nitrogen and oxygen atoms in total. The van der Waals surface area contributed by atoms with Gasteiger partial charge in [0.2, 0.25) is 5.91 Å². The van der Waals surface area contributed by atoms with E-state index < -0.39 is 0 Å². The number of carbonyl (C=O) groups excluding carboxylic acids is 1. The Bertz CT molecular complexity index is 340. The number of carbonyl (C=O) groups is 1. The minimum atomic E-state index is 0.0896. The van der Waals surface area contributed by atoms with Crippen molar-refractivity contribution < 1.29 is 4.79 Å². The van der Waals surface area contributed by atoms with Crippen LogP contribution in [0.2, 0.25) is 5.02 Å². The van der Waals surface area contributed by atoms with Gasteiger partial charge in [0.15, 0.2) is 0 Å². The number of rotatable bonds is 1. The van der Waals surface area contributed by atoms with Gasteiger partial charge >= 0.3 is 0 Å². The summed E-state index contributed by atoms with van der Waals surface area (Å²) in [6.45, 7) is 0.673. The van der Waals surface area contributed by atoms with Gasteiger partial charge in [0.25, 0.3) is 0 Å². The fraction of sp³-hybridized carbons (Fsp3) is 0.333. The van der Waals surface area contributed by atoms with Crippen LogP contribution in [-0.4, -0.2) is 17.4 Å². The van der Waals surface area contributed by atoms with Crippen LogP contribution in [0.15, 0.2) is 18.3 Å².